The number of anilines is 1. The van der Waals surface area contributed by atoms with Crippen LogP contribution >= 0.6 is 0 Å². The van der Waals surface area contributed by atoms with E-state index in [1.807, 2.05) is 0 Å². The second-order valence-corrected chi connectivity index (χ2v) is 4.74. The average molecular weight is 266 g/mol. The highest BCUT2D eigenvalue weighted by Gasteiger charge is 2.30. The second-order valence-electron chi connectivity index (χ2n) is 4.74. The summed E-state index contributed by atoms with van der Waals surface area (Å²) in [5, 5.41) is 12.0. The molecule has 0 heterocycles. The van der Waals surface area contributed by atoms with Crippen LogP contribution in [0.1, 0.15) is 29.6 Å². The molecule has 1 aliphatic rings. The Bertz CT molecular complexity index is 519. The van der Waals surface area contributed by atoms with Gasteiger partial charge in [-0.2, -0.15) is 0 Å². The third-order valence-corrected chi connectivity index (χ3v) is 3.39. The first-order valence-corrected chi connectivity index (χ1v) is 6.06. The minimum atomic E-state index is -0.807. The number of aliphatic carboxylic acids is 1. The van der Waals surface area contributed by atoms with Crippen molar-refractivity contribution in [3.8, 4) is 0 Å². The van der Waals surface area contributed by atoms with Gasteiger partial charge in [0.2, 0.25) is 0 Å². The number of nitrogens with two attached hydrogens (primary N) is 1. The van der Waals surface area contributed by atoms with Crippen molar-refractivity contribution < 1.29 is 19.1 Å². The van der Waals surface area contributed by atoms with E-state index in [1.165, 1.54) is 12.1 Å². The lowest BCUT2D eigenvalue weighted by Crippen LogP contribution is -2.21. The van der Waals surface area contributed by atoms with Crippen molar-refractivity contribution in [2.45, 2.75) is 25.3 Å². The lowest BCUT2D eigenvalue weighted by atomic mass is 10.1. The van der Waals surface area contributed by atoms with E-state index in [0.717, 1.165) is 6.07 Å². The van der Waals surface area contributed by atoms with Crippen LogP contribution in [0.3, 0.4) is 0 Å². The summed E-state index contributed by atoms with van der Waals surface area (Å²) in [6, 6.07) is 3.72. The van der Waals surface area contributed by atoms with Gasteiger partial charge in [0.05, 0.1) is 11.5 Å². The third kappa shape index (κ3) is 3.01. The normalized spacial score (nSPS) is 22.2. The highest BCUT2D eigenvalue weighted by molar-refractivity contribution is 5.98. The van der Waals surface area contributed by atoms with Crippen molar-refractivity contribution >= 4 is 17.6 Å². The number of halogens is 1. The number of hydrogen-bond acceptors (Lipinski definition) is 3. The van der Waals surface area contributed by atoms with E-state index in [4.69, 9.17) is 10.8 Å². The minimum absolute atomic E-state index is 0.0374. The lowest BCUT2D eigenvalue weighted by molar-refractivity contribution is -0.141. The predicted molar refractivity (Wildman–Crippen MR) is 67.3 cm³/mol. The molecule has 2 rings (SSSR count). The van der Waals surface area contributed by atoms with Crippen LogP contribution < -0.4 is 11.1 Å². The first-order valence-electron chi connectivity index (χ1n) is 6.06. The Morgan fingerprint density at radius 3 is 2.68 bits per heavy atom. The van der Waals surface area contributed by atoms with Gasteiger partial charge in [0, 0.05) is 11.7 Å². The maximum atomic E-state index is 13.1. The molecule has 0 spiro atoms. The van der Waals surface area contributed by atoms with E-state index >= 15 is 0 Å². The molecule has 1 saturated carbocycles. The third-order valence-electron chi connectivity index (χ3n) is 3.39. The van der Waals surface area contributed by atoms with Gasteiger partial charge in [0.15, 0.2) is 0 Å². The van der Waals surface area contributed by atoms with Crippen LogP contribution in [0, 0.1) is 11.7 Å². The summed E-state index contributed by atoms with van der Waals surface area (Å²) in [6.07, 6.45) is 1.79. The van der Waals surface area contributed by atoms with Crippen LogP contribution in [-0.2, 0) is 4.79 Å². The van der Waals surface area contributed by atoms with Crippen LogP contribution in [-0.4, -0.2) is 23.0 Å². The SMILES string of the molecule is NC(=O)c1cc(F)ccc1N[C@H]1CC[C@@H](C(=O)O)C1. The van der Waals surface area contributed by atoms with Crippen molar-refractivity contribution in [3.63, 3.8) is 0 Å². The molecule has 5 nitrogen and oxygen atoms in total. The molecule has 19 heavy (non-hydrogen) atoms. The Kier molecular flexibility index (Phi) is 3.69. The quantitative estimate of drug-likeness (QED) is 0.771. The maximum absolute atomic E-state index is 13.1. The highest BCUT2D eigenvalue weighted by Crippen LogP contribution is 2.29. The zero-order valence-corrected chi connectivity index (χ0v) is 10.2. The molecule has 102 valence electrons. The average Bonchev–Trinajstić information content (AvgIpc) is 2.80. The number of carboxylic acid groups (broad SMARTS) is 1. The number of carbonyl (C=O) groups excluding carboxylic acids is 1. The van der Waals surface area contributed by atoms with Crippen LogP contribution in [0.5, 0.6) is 0 Å². The van der Waals surface area contributed by atoms with Crippen molar-refractivity contribution in [2.75, 3.05) is 5.32 Å². The number of benzene rings is 1. The minimum Gasteiger partial charge on any atom is -0.481 e. The van der Waals surface area contributed by atoms with Crippen molar-refractivity contribution in [3.05, 3.63) is 29.6 Å². The van der Waals surface area contributed by atoms with E-state index < -0.39 is 17.7 Å². The van der Waals surface area contributed by atoms with E-state index in [1.54, 1.807) is 0 Å². The molecule has 6 heteroatoms. The Labute approximate surface area is 109 Å². The van der Waals surface area contributed by atoms with Gasteiger partial charge in [0.25, 0.3) is 5.91 Å². The Balaban J connectivity index is 2.12. The molecule has 1 amide bonds. The van der Waals surface area contributed by atoms with E-state index in [0.29, 0.717) is 24.9 Å². The first kappa shape index (κ1) is 13.3. The fourth-order valence-corrected chi connectivity index (χ4v) is 2.40. The molecular formula is C13H15FN2O3. The lowest BCUT2D eigenvalue weighted by Gasteiger charge is -2.16. The van der Waals surface area contributed by atoms with Gasteiger partial charge in [-0.15, -0.1) is 0 Å². The molecule has 1 aliphatic carbocycles. The first-order chi connectivity index (χ1) is 8.97. The molecule has 0 saturated heterocycles. The number of nitrogens with one attached hydrogen (secondary N) is 1. The number of carboxylic acids is 1. The van der Waals surface area contributed by atoms with Crippen LogP contribution in [0.25, 0.3) is 0 Å². The molecule has 0 unspecified atom stereocenters. The molecule has 0 radical (unpaired) electrons. The Morgan fingerprint density at radius 2 is 2.11 bits per heavy atom. The number of amides is 1. The van der Waals surface area contributed by atoms with Gasteiger partial charge in [0.1, 0.15) is 5.82 Å². The van der Waals surface area contributed by atoms with E-state index in [2.05, 4.69) is 5.32 Å². The molecule has 1 fully saturated rings. The van der Waals surface area contributed by atoms with Gasteiger partial charge >= 0.3 is 5.97 Å². The molecule has 0 aromatic heterocycles. The van der Waals surface area contributed by atoms with Gasteiger partial charge in [-0.05, 0) is 37.5 Å². The smallest absolute Gasteiger partial charge is 0.306 e. The van der Waals surface area contributed by atoms with Crippen LogP contribution in [0.4, 0.5) is 10.1 Å². The number of hydrogen-bond donors (Lipinski definition) is 3. The summed E-state index contributed by atoms with van der Waals surface area (Å²) in [5.74, 6) is -2.42. The summed E-state index contributed by atoms with van der Waals surface area (Å²) < 4.78 is 13.1. The van der Waals surface area contributed by atoms with Crippen molar-refractivity contribution in [1.82, 2.24) is 0 Å². The number of rotatable bonds is 4. The summed E-state index contributed by atoms with van der Waals surface area (Å²) in [5.41, 5.74) is 5.72. The van der Waals surface area contributed by atoms with Gasteiger partial charge in [-0.25, -0.2) is 4.39 Å². The molecule has 1 aromatic rings. The monoisotopic (exact) mass is 266 g/mol. The topological polar surface area (TPSA) is 92.4 Å². The standard InChI is InChI=1S/C13H15FN2O3/c14-8-2-4-11(10(6-8)12(15)17)16-9-3-1-7(5-9)13(18)19/h2,4,6-7,9,16H,1,3,5H2,(H2,15,17)(H,18,19)/t7-,9+/m1/s1. The fourth-order valence-electron chi connectivity index (χ4n) is 2.40. The van der Waals surface area contributed by atoms with Crippen LogP contribution in [0.2, 0.25) is 0 Å². The summed E-state index contributed by atoms with van der Waals surface area (Å²) in [6.45, 7) is 0. The van der Waals surface area contributed by atoms with E-state index in [-0.39, 0.29) is 17.5 Å². The fraction of sp³-hybridized carbons (Fsp3) is 0.385. The molecule has 1 aromatic carbocycles. The number of carbonyl (C=O) groups is 2. The number of primary amides is 1. The Hall–Kier alpha value is -2.11. The summed E-state index contributed by atoms with van der Waals surface area (Å²) >= 11 is 0. The van der Waals surface area contributed by atoms with E-state index in [9.17, 15) is 14.0 Å². The predicted octanol–water partition coefficient (Wildman–Crippen LogP) is 1.59. The second kappa shape index (κ2) is 5.26. The van der Waals surface area contributed by atoms with Crippen molar-refractivity contribution in [2.24, 2.45) is 11.7 Å². The van der Waals surface area contributed by atoms with Gasteiger partial charge in [-0.1, -0.05) is 0 Å². The molecular weight excluding hydrogens is 251 g/mol. The molecule has 2 atom stereocenters. The largest absolute Gasteiger partial charge is 0.481 e. The Morgan fingerprint density at radius 1 is 1.37 bits per heavy atom. The zero-order valence-electron chi connectivity index (χ0n) is 10.2. The van der Waals surface area contributed by atoms with Gasteiger partial charge < -0.3 is 16.2 Å². The zero-order chi connectivity index (χ0) is 14.0. The van der Waals surface area contributed by atoms with Crippen LogP contribution in [0.15, 0.2) is 18.2 Å². The molecule has 0 bridgehead atoms. The summed E-state index contributed by atoms with van der Waals surface area (Å²) in [7, 11) is 0. The maximum Gasteiger partial charge on any atom is 0.306 e. The molecule has 4 N–H and O–H groups in total. The highest BCUT2D eigenvalue weighted by atomic mass is 19.1. The van der Waals surface area contributed by atoms with Gasteiger partial charge in [-0.3, -0.25) is 9.59 Å². The van der Waals surface area contributed by atoms with Crippen molar-refractivity contribution in [1.29, 1.82) is 0 Å². The summed E-state index contributed by atoms with van der Waals surface area (Å²) in [4.78, 5) is 22.1. The molecule has 0 aliphatic heterocycles.